The van der Waals surface area contributed by atoms with E-state index in [9.17, 15) is 4.79 Å². The lowest BCUT2D eigenvalue weighted by atomic mass is 10.2. The molecule has 0 N–H and O–H groups in total. The monoisotopic (exact) mass is 338 g/mol. The minimum Gasteiger partial charge on any atom is -0.472 e. The lowest BCUT2D eigenvalue weighted by Gasteiger charge is -2.34. The molecule has 0 spiro atoms. The molecule has 0 saturated carbocycles. The molecule has 1 saturated heterocycles. The molecule has 1 aromatic carbocycles. The van der Waals surface area contributed by atoms with Crippen molar-refractivity contribution in [3.63, 3.8) is 0 Å². The molecular formula is C17H18N6O2. The standard InChI is InChI=1S/C17H18N6O2/c24-17(14-6-11-25-13-14)22-9-7-21(8-10-22)12-16-18-19-20-23(16)15-4-2-1-3-5-15/h1-6,11,13H,7-10,12H2. The highest BCUT2D eigenvalue weighted by atomic mass is 16.3. The van der Waals surface area contributed by atoms with Gasteiger partial charge in [-0.3, -0.25) is 9.69 Å². The van der Waals surface area contributed by atoms with E-state index in [2.05, 4.69) is 20.4 Å². The van der Waals surface area contributed by atoms with Gasteiger partial charge in [0.2, 0.25) is 0 Å². The maximum Gasteiger partial charge on any atom is 0.257 e. The smallest absolute Gasteiger partial charge is 0.257 e. The average molecular weight is 338 g/mol. The van der Waals surface area contributed by atoms with Crippen molar-refractivity contribution in [3.8, 4) is 5.69 Å². The Kier molecular flexibility index (Phi) is 4.26. The third-order valence-electron chi connectivity index (χ3n) is 4.33. The van der Waals surface area contributed by atoms with Gasteiger partial charge in [0.1, 0.15) is 6.26 Å². The number of rotatable bonds is 4. The number of carbonyl (C=O) groups excluding carboxylic acids is 1. The zero-order valence-corrected chi connectivity index (χ0v) is 13.7. The highest BCUT2D eigenvalue weighted by Gasteiger charge is 2.24. The molecule has 0 aliphatic carbocycles. The van der Waals surface area contributed by atoms with Crippen LogP contribution in [-0.4, -0.2) is 62.1 Å². The van der Waals surface area contributed by atoms with E-state index < -0.39 is 0 Å². The Morgan fingerprint density at radius 2 is 1.88 bits per heavy atom. The molecule has 0 radical (unpaired) electrons. The van der Waals surface area contributed by atoms with Crippen molar-refractivity contribution in [1.82, 2.24) is 30.0 Å². The van der Waals surface area contributed by atoms with Crippen molar-refractivity contribution in [2.24, 2.45) is 0 Å². The quantitative estimate of drug-likeness (QED) is 0.711. The summed E-state index contributed by atoms with van der Waals surface area (Å²) in [5.74, 6) is 0.809. The predicted octanol–water partition coefficient (Wildman–Crippen LogP) is 1.21. The SMILES string of the molecule is O=C(c1ccoc1)N1CCN(Cc2nnnn2-c2ccccc2)CC1. The number of furan rings is 1. The minimum atomic E-state index is 0.0162. The number of amides is 1. The molecule has 1 amide bonds. The fourth-order valence-electron chi connectivity index (χ4n) is 2.95. The van der Waals surface area contributed by atoms with E-state index in [-0.39, 0.29) is 5.91 Å². The van der Waals surface area contributed by atoms with Crippen LogP contribution in [0.5, 0.6) is 0 Å². The molecule has 0 bridgehead atoms. The molecule has 1 fully saturated rings. The number of hydrogen-bond acceptors (Lipinski definition) is 6. The largest absolute Gasteiger partial charge is 0.472 e. The van der Waals surface area contributed by atoms with Gasteiger partial charge in [-0.15, -0.1) is 5.10 Å². The maximum absolute atomic E-state index is 12.3. The highest BCUT2D eigenvalue weighted by Crippen LogP contribution is 2.13. The van der Waals surface area contributed by atoms with Crippen molar-refractivity contribution < 1.29 is 9.21 Å². The Morgan fingerprint density at radius 1 is 1.08 bits per heavy atom. The van der Waals surface area contributed by atoms with Gasteiger partial charge in [0.25, 0.3) is 5.91 Å². The van der Waals surface area contributed by atoms with Crippen LogP contribution in [-0.2, 0) is 6.54 Å². The van der Waals surface area contributed by atoms with Gasteiger partial charge in [0.05, 0.1) is 24.1 Å². The second-order valence-electron chi connectivity index (χ2n) is 5.92. The van der Waals surface area contributed by atoms with Gasteiger partial charge in [-0.2, -0.15) is 4.68 Å². The van der Waals surface area contributed by atoms with E-state index in [0.29, 0.717) is 25.2 Å². The van der Waals surface area contributed by atoms with E-state index in [1.54, 1.807) is 10.7 Å². The molecule has 3 aromatic rings. The molecular weight excluding hydrogens is 320 g/mol. The molecule has 0 unspecified atom stereocenters. The fourth-order valence-corrected chi connectivity index (χ4v) is 2.95. The van der Waals surface area contributed by atoms with Gasteiger partial charge >= 0.3 is 0 Å². The fraction of sp³-hybridized carbons (Fsp3) is 0.294. The number of hydrogen-bond donors (Lipinski definition) is 0. The third-order valence-corrected chi connectivity index (χ3v) is 4.33. The Hall–Kier alpha value is -3.00. The molecule has 128 valence electrons. The number of nitrogens with zero attached hydrogens (tertiary/aromatic N) is 6. The Morgan fingerprint density at radius 3 is 2.60 bits per heavy atom. The van der Waals surface area contributed by atoms with Crippen LogP contribution in [0.25, 0.3) is 5.69 Å². The molecule has 4 rings (SSSR count). The van der Waals surface area contributed by atoms with Crippen molar-refractivity contribution in [3.05, 3.63) is 60.3 Å². The summed E-state index contributed by atoms with van der Waals surface area (Å²) in [6, 6.07) is 11.5. The summed E-state index contributed by atoms with van der Waals surface area (Å²) in [6.07, 6.45) is 3.01. The van der Waals surface area contributed by atoms with E-state index in [4.69, 9.17) is 4.42 Å². The zero-order chi connectivity index (χ0) is 17.1. The molecule has 2 aromatic heterocycles. The highest BCUT2D eigenvalue weighted by molar-refractivity contribution is 5.93. The predicted molar refractivity (Wildman–Crippen MR) is 89.0 cm³/mol. The van der Waals surface area contributed by atoms with Crippen LogP contribution < -0.4 is 0 Å². The van der Waals surface area contributed by atoms with E-state index >= 15 is 0 Å². The van der Waals surface area contributed by atoms with Crippen LogP contribution in [0.3, 0.4) is 0 Å². The Bertz CT molecular complexity index is 822. The van der Waals surface area contributed by atoms with Gasteiger partial charge in [0.15, 0.2) is 5.82 Å². The summed E-state index contributed by atoms with van der Waals surface area (Å²) >= 11 is 0. The van der Waals surface area contributed by atoms with Crippen LogP contribution in [0.1, 0.15) is 16.2 Å². The number of piperazine rings is 1. The zero-order valence-electron chi connectivity index (χ0n) is 13.7. The van der Waals surface area contributed by atoms with E-state index in [0.717, 1.165) is 24.6 Å². The Balaban J connectivity index is 1.38. The third kappa shape index (κ3) is 3.29. The number of carbonyl (C=O) groups is 1. The molecule has 8 heteroatoms. The van der Waals surface area contributed by atoms with Crippen molar-refractivity contribution in [1.29, 1.82) is 0 Å². The van der Waals surface area contributed by atoms with Gasteiger partial charge in [-0.25, -0.2) is 0 Å². The number of para-hydroxylation sites is 1. The number of benzene rings is 1. The summed E-state index contributed by atoms with van der Waals surface area (Å²) < 4.78 is 6.74. The first-order chi connectivity index (χ1) is 12.3. The second-order valence-corrected chi connectivity index (χ2v) is 5.92. The van der Waals surface area contributed by atoms with Crippen molar-refractivity contribution in [2.45, 2.75) is 6.54 Å². The van der Waals surface area contributed by atoms with Gasteiger partial charge in [0, 0.05) is 26.2 Å². The number of tetrazole rings is 1. The second kappa shape index (κ2) is 6.86. The summed E-state index contributed by atoms with van der Waals surface area (Å²) in [6.45, 7) is 3.57. The van der Waals surface area contributed by atoms with Crippen LogP contribution in [0.15, 0.2) is 53.3 Å². The molecule has 25 heavy (non-hydrogen) atoms. The first-order valence-electron chi connectivity index (χ1n) is 8.18. The first-order valence-corrected chi connectivity index (χ1v) is 8.18. The lowest BCUT2D eigenvalue weighted by Crippen LogP contribution is -2.48. The van der Waals surface area contributed by atoms with Crippen molar-refractivity contribution in [2.75, 3.05) is 26.2 Å². The van der Waals surface area contributed by atoms with Crippen LogP contribution >= 0.6 is 0 Å². The lowest BCUT2D eigenvalue weighted by molar-refractivity contribution is 0.0624. The topological polar surface area (TPSA) is 80.3 Å². The van der Waals surface area contributed by atoms with Gasteiger partial charge in [-0.1, -0.05) is 18.2 Å². The minimum absolute atomic E-state index is 0.0162. The summed E-state index contributed by atoms with van der Waals surface area (Å²) in [4.78, 5) is 16.4. The molecule has 1 aliphatic rings. The molecule has 3 heterocycles. The summed E-state index contributed by atoms with van der Waals surface area (Å²) in [7, 11) is 0. The summed E-state index contributed by atoms with van der Waals surface area (Å²) in [5.41, 5.74) is 1.54. The molecule has 1 aliphatic heterocycles. The molecule has 0 atom stereocenters. The van der Waals surface area contributed by atoms with E-state index in [1.807, 2.05) is 35.2 Å². The van der Waals surface area contributed by atoms with Gasteiger partial charge in [-0.05, 0) is 28.6 Å². The van der Waals surface area contributed by atoms with Gasteiger partial charge < -0.3 is 9.32 Å². The van der Waals surface area contributed by atoms with E-state index in [1.165, 1.54) is 12.5 Å². The van der Waals surface area contributed by atoms with Crippen LogP contribution in [0.2, 0.25) is 0 Å². The van der Waals surface area contributed by atoms with Crippen LogP contribution in [0, 0.1) is 0 Å². The van der Waals surface area contributed by atoms with Crippen molar-refractivity contribution >= 4 is 5.91 Å². The summed E-state index contributed by atoms with van der Waals surface area (Å²) in [5, 5.41) is 12.0. The number of aromatic nitrogens is 4. The molecule has 8 nitrogen and oxygen atoms in total. The average Bonchev–Trinajstić information content (AvgIpc) is 3.35. The van der Waals surface area contributed by atoms with Crippen LogP contribution in [0.4, 0.5) is 0 Å². The normalized spacial score (nSPS) is 15.4. The Labute approximate surface area is 144 Å². The maximum atomic E-state index is 12.3. The first kappa shape index (κ1) is 15.5.